The number of halogens is 2. The van der Waals surface area contributed by atoms with Gasteiger partial charge in [0.2, 0.25) is 0 Å². The van der Waals surface area contributed by atoms with E-state index in [1.165, 1.54) is 26.4 Å². The fourth-order valence-corrected chi connectivity index (χ4v) is 3.98. The zero-order chi connectivity index (χ0) is 23.0. The highest BCUT2D eigenvalue weighted by molar-refractivity contribution is 9.11. The van der Waals surface area contributed by atoms with Gasteiger partial charge in [0, 0.05) is 0 Å². The van der Waals surface area contributed by atoms with Gasteiger partial charge in [0.1, 0.15) is 0 Å². The Kier molecular flexibility index (Phi) is 9.33. The van der Waals surface area contributed by atoms with E-state index in [9.17, 15) is 9.59 Å². The monoisotopic (exact) mass is 552 g/mol. The van der Waals surface area contributed by atoms with Crippen molar-refractivity contribution in [3.8, 4) is 23.0 Å². The minimum absolute atomic E-state index is 0.240. The van der Waals surface area contributed by atoms with Crippen LogP contribution >= 0.6 is 31.9 Å². The van der Waals surface area contributed by atoms with Gasteiger partial charge in [0.15, 0.2) is 34.6 Å². The molecule has 0 bridgehead atoms. The number of allylic oxidation sites excluding steroid dienone is 2. The lowest BCUT2D eigenvalue weighted by Crippen LogP contribution is -2.02. The Morgan fingerprint density at radius 1 is 0.710 bits per heavy atom. The summed E-state index contributed by atoms with van der Waals surface area (Å²) in [6, 6.07) is 7.07. The van der Waals surface area contributed by atoms with Gasteiger partial charge in [-0.2, -0.15) is 0 Å². The van der Waals surface area contributed by atoms with E-state index in [-0.39, 0.29) is 18.0 Å². The molecule has 2 aromatic rings. The summed E-state index contributed by atoms with van der Waals surface area (Å²) >= 11 is 6.81. The molecule has 0 unspecified atom stereocenters. The number of carbonyl (C=O) groups excluding carboxylic acids is 2. The van der Waals surface area contributed by atoms with Crippen LogP contribution in [0.1, 0.15) is 17.5 Å². The molecule has 0 aromatic heterocycles. The highest BCUT2D eigenvalue weighted by atomic mass is 79.9. The van der Waals surface area contributed by atoms with Crippen LogP contribution in [0.3, 0.4) is 0 Å². The minimum Gasteiger partial charge on any atom is -0.493 e. The molecule has 6 nitrogen and oxygen atoms in total. The van der Waals surface area contributed by atoms with E-state index in [0.29, 0.717) is 31.9 Å². The number of rotatable bonds is 10. The Morgan fingerprint density at radius 2 is 1.10 bits per heavy atom. The van der Waals surface area contributed by atoms with Crippen molar-refractivity contribution in [3.63, 3.8) is 0 Å². The molecule has 2 aromatic carbocycles. The molecule has 2 rings (SSSR count). The highest BCUT2D eigenvalue weighted by Crippen LogP contribution is 2.37. The summed E-state index contributed by atoms with van der Waals surface area (Å²) in [5.41, 5.74) is 1.46. The van der Waals surface area contributed by atoms with Crippen LogP contribution < -0.4 is 18.9 Å². The van der Waals surface area contributed by atoms with Crippen LogP contribution in [0.2, 0.25) is 0 Å². The summed E-state index contributed by atoms with van der Waals surface area (Å²) in [4.78, 5) is 24.4. The third-order valence-electron chi connectivity index (χ3n) is 4.18. The molecule has 8 heteroatoms. The first-order valence-corrected chi connectivity index (χ1v) is 10.7. The molecule has 0 spiro atoms. The summed E-state index contributed by atoms with van der Waals surface area (Å²) < 4.78 is 22.5. The Labute approximate surface area is 198 Å². The van der Waals surface area contributed by atoms with E-state index in [1.54, 1.807) is 50.6 Å². The van der Waals surface area contributed by atoms with Gasteiger partial charge in [-0.3, -0.25) is 9.59 Å². The molecule has 0 saturated heterocycles. The third kappa shape index (κ3) is 6.70. The quantitative estimate of drug-likeness (QED) is 0.286. The van der Waals surface area contributed by atoms with Gasteiger partial charge in [-0.05, 0) is 79.4 Å². The second-order valence-corrected chi connectivity index (χ2v) is 7.96. The molecule has 0 saturated carbocycles. The number of hydrogen-bond acceptors (Lipinski definition) is 6. The predicted molar refractivity (Wildman–Crippen MR) is 127 cm³/mol. The SMILES string of the molecule is COc1cc(/C=C/C(=O)CC(=O)/C=C/c2cc(Br)c(OC)c(OC)c2)cc(Br)c1OC. The van der Waals surface area contributed by atoms with Crippen molar-refractivity contribution in [2.75, 3.05) is 28.4 Å². The second kappa shape index (κ2) is 11.7. The first-order valence-electron chi connectivity index (χ1n) is 9.07. The summed E-state index contributed by atoms with van der Waals surface area (Å²) in [5.74, 6) is 1.57. The molecule has 0 radical (unpaired) electrons. The molecule has 0 aliphatic rings. The number of benzene rings is 2. The van der Waals surface area contributed by atoms with Crippen LogP contribution in [0.25, 0.3) is 12.2 Å². The molecule has 0 heterocycles. The van der Waals surface area contributed by atoms with Crippen molar-refractivity contribution < 1.29 is 28.5 Å². The number of ketones is 2. The second-order valence-electron chi connectivity index (χ2n) is 6.25. The summed E-state index contributed by atoms with van der Waals surface area (Å²) in [5, 5.41) is 0. The van der Waals surface area contributed by atoms with Crippen LogP contribution in [-0.2, 0) is 9.59 Å². The molecule has 31 heavy (non-hydrogen) atoms. The summed E-state index contributed by atoms with van der Waals surface area (Å²) in [6.45, 7) is 0. The fraction of sp³-hybridized carbons (Fsp3) is 0.217. The number of ether oxygens (including phenoxy) is 4. The molecule has 0 aliphatic carbocycles. The van der Waals surface area contributed by atoms with Gasteiger partial charge in [0.05, 0.1) is 43.8 Å². The third-order valence-corrected chi connectivity index (χ3v) is 5.36. The molecule has 0 fully saturated rings. The molecule has 0 amide bonds. The highest BCUT2D eigenvalue weighted by Gasteiger charge is 2.11. The molecule has 164 valence electrons. The van der Waals surface area contributed by atoms with Gasteiger partial charge in [-0.25, -0.2) is 0 Å². The standard InChI is InChI=1S/C23H22Br2O6/c1-28-20-11-14(9-18(24)22(20)30-3)5-7-16(26)13-17(27)8-6-15-10-19(25)23(31-4)21(12-15)29-2/h5-12H,13H2,1-4H3/b7-5+,8-6+. The van der Waals surface area contributed by atoms with Gasteiger partial charge in [0.25, 0.3) is 0 Å². The smallest absolute Gasteiger partial charge is 0.174 e. The van der Waals surface area contributed by atoms with Crippen molar-refractivity contribution in [2.45, 2.75) is 6.42 Å². The molecular weight excluding hydrogens is 532 g/mol. The lowest BCUT2D eigenvalue weighted by atomic mass is 10.1. The van der Waals surface area contributed by atoms with Crippen molar-refractivity contribution in [2.24, 2.45) is 0 Å². The van der Waals surface area contributed by atoms with Gasteiger partial charge in [-0.15, -0.1) is 0 Å². The van der Waals surface area contributed by atoms with Crippen LogP contribution in [0.15, 0.2) is 45.4 Å². The Balaban J connectivity index is 2.06. The molecule has 0 N–H and O–H groups in total. The van der Waals surface area contributed by atoms with Crippen molar-refractivity contribution in [3.05, 3.63) is 56.5 Å². The topological polar surface area (TPSA) is 71.1 Å². The van der Waals surface area contributed by atoms with E-state index in [4.69, 9.17) is 18.9 Å². The van der Waals surface area contributed by atoms with Crippen LogP contribution in [0.4, 0.5) is 0 Å². The predicted octanol–water partition coefficient (Wildman–Crippen LogP) is 5.50. The van der Waals surface area contributed by atoms with E-state index < -0.39 is 0 Å². The van der Waals surface area contributed by atoms with Crippen LogP contribution in [-0.4, -0.2) is 40.0 Å². The van der Waals surface area contributed by atoms with Crippen LogP contribution in [0, 0.1) is 0 Å². The first kappa shape index (κ1) is 24.7. The fourth-order valence-electron chi connectivity index (χ4n) is 2.74. The summed E-state index contributed by atoms with van der Waals surface area (Å²) in [7, 11) is 6.15. The minimum atomic E-state index is -0.311. The normalized spacial score (nSPS) is 11.0. The van der Waals surface area contributed by atoms with Crippen molar-refractivity contribution >= 4 is 55.6 Å². The molecule has 0 aliphatic heterocycles. The van der Waals surface area contributed by atoms with E-state index in [0.717, 1.165) is 11.1 Å². The Morgan fingerprint density at radius 3 is 1.42 bits per heavy atom. The summed E-state index contributed by atoms with van der Waals surface area (Å²) in [6.07, 6.45) is 5.74. The average Bonchev–Trinajstić information content (AvgIpc) is 2.75. The van der Waals surface area contributed by atoms with Gasteiger partial charge >= 0.3 is 0 Å². The van der Waals surface area contributed by atoms with E-state index in [1.807, 2.05) is 0 Å². The van der Waals surface area contributed by atoms with Crippen molar-refractivity contribution in [1.82, 2.24) is 0 Å². The zero-order valence-electron chi connectivity index (χ0n) is 17.5. The maximum atomic E-state index is 12.2. The van der Waals surface area contributed by atoms with Crippen LogP contribution in [0.5, 0.6) is 23.0 Å². The lowest BCUT2D eigenvalue weighted by molar-refractivity contribution is -0.121. The zero-order valence-corrected chi connectivity index (χ0v) is 20.7. The number of methoxy groups -OCH3 is 4. The maximum absolute atomic E-state index is 12.2. The van der Waals surface area contributed by atoms with E-state index in [2.05, 4.69) is 31.9 Å². The van der Waals surface area contributed by atoms with Gasteiger partial charge < -0.3 is 18.9 Å². The average molecular weight is 554 g/mol. The number of hydrogen-bond donors (Lipinski definition) is 0. The largest absolute Gasteiger partial charge is 0.493 e. The molecule has 0 atom stereocenters. The first-order chi connectivity index (χ1) is 14.8. The van der Waals surface area contributed by atoms with Gasteiger partial charge in [-0.1, -0.05) is 12.2 Å². The number of carbonyl (C=O) groups is 2. The maximum Gasteiger partial charge on any atom is 0.174 e. The molecular formula is C23H22Br2O6. The van der Waals surface area contributed by atoms with E-state index >= 15 is 0 Å². The lowest BCUT2D eigenvalue weighted by Gasteiger charge is -2.10. The Hall–Kier alpha value is -2.58. The van der Waals surface area contributed by atoms with Crippen molar-refractivity contribution in [1.29, 1.82) is 0 Å². The Bertz CT molecular complexity index is 946.